The summed E-state index contributed by atoms with van der Waals surface area (Å²) in [5.41, 5.74) is 2.18. The van der Waals surface area contributed by atoms with Gasteiger partial charge < -0.3 is 5.32 Å². The Kier molecular flexibility index (Phi) is 3.71. The zero-order chi connectivity index (χ0) is 13.3. The second-order valence-corrected chi connectivity index (χ2v) is 6.09. The van der Waals surface area contributed by atoms with E-state index in [-0.39, 0.29) is 6.04 Å². The van der Waals surface area contributed by atoms with Gasteiger partial charge in [-0.2, -0.15) is 5.10 Å². The van der Waals surface area contributed by atoms with E-state index < -0.39 is 0 Å². The maximum atomic E-state index is 4.46. The van der Waals surface area contributed by atoms with Gasteiger partial charge in [-0.15, -0.1) is 11.3 Å². The molecule has 0 aliphatic rings. The molecule has 0 saturated heterocycles. The Bertz CT molecular complexity index is 527. The lowest BCUT2D eigenvalue weighted by Crippen LogP contribution is -2.06. The molecule has 1 unspecified atom stereocenters. The van der Waals surface area contributed by atoms with E-state index in [9.17, 15) is 0 Å². The summed E-state index contributed by atoms with van der Waals surface area (Å²) in [7, 11) is 0. The molecule has 4 nitrogen and oxygen atoms in total. The molecule has 0 aliphatic heterocycles. The zero-order valence-electron chi connectivity index (χ0n) is 11.6. The van der Waals surface area contributed by atoms with Crippen molar-refractivity contribution in [2.75, 3.05) is 5.32 Å². The van der Waals surface area contributed by atoms with Crippen molar-refractivity contribution in [1.82, 2.24) is 14.8 Å². The third-order valence-corrected chi connectivity index (χ3v) is 4.10. The van der Waals surface area contributed by atoms with Crippen LogP contribution in [0.4, 0.5) is 5.69 Å². The van der Waals surface area contributed by atoms with E-state index in [0.717, 1.165) is 16.4 Å². The maximum Gasteiger partial charge on any atom is 0.0900 e. The molecule has 2 aromatic heterocycles. The van der Waals surface area contributed by atoms with Crippen LogP contribution in [-0.2, 0) is 0 Å². The Morgan fingerprint density at radius 1 is 1.28 bits per heavy atom. The van der Waals surface area contributed by atoms with Crippen molar-refractivity contribution >= 4 is 17.0 Å². The van der Waals surface area contributed by atoms with Crippen LogP contribution in [0.25, 0.3) is 0 Å². The van der Waals surface area contributed by atoms with Gasteiger partial charge in [0.1, 0.15) is 0 Å². The van der Waals surface area contributed by atoms with Gasteiger partial charge in [-0.1, -0.05) is 0 Å². The van der Waals surface area contributed by atoms with Gasteiger partial charge in [-0.3, -0.25) is 4.68 Å². The van der Waals surface area contributed by atoms with Gasteiger partial charge in [-0.05, 0) is 34.6 Å². The second kappa shape index (κ2) is 5.10. The lowest BCUT2D eigenvalue weighted by molar-refractivity contribution is 0.532. The normalized spacial score (nSPS) is 13.0. The Labute approximate surface area is 112 Å². The summed E-state index contributed by atoms with van der Waals surface area (Å²) in [6.07, 6.45) is 3.92. The molecule has 0 aliphatic carbocycles. The Balaban J connectivity index is 2.11. The minimum atomic E-state index is 0.265. The molecule has 0 spiro atoms. The van der Waals surface area contributed by atoms with Crippen LogP contribution >= 0.6 is 11.3 Å². The molecule has 0 bridgehead atoms. The molecule has 1 N–H and O–H groups in total. The lowest BCUT2D eigenvalue weighted by Gasteiger charge is -2.12. The van der Waals surface area contributed by atoms with Gasteiger partial charge in [0.05, 0.1) is 28.6 Å². The van der Waals surface area contributed by atoms with Gasteiger partial charge in [0.2, 0.25) is 0 Å². The highest BCUT2D eigenvalue weighted by molar-refractivity contribution is 7.11. The largest absolute Gasteiger partial charge is 0.375 e. The molecule has 2 rings (SSSR count). The smallest absolute Gasteiger partial charge is 0.0900 e. The average molecular weight is 264 g/mol. The van der Waals surface area contributed by atoms with Crippen molar-refractivity contribution in [1.29, 1.82) is 0 Å². The topological polar surface area (TPSA) is 42.7 Å². The van der Waals surface area contributed by atoms with Crippen LogP contribution in [0.5, 0.6) is 0 Å². The SMILES string of the molecule is Cc1nc(C)c(C(C)Nc2cnn(C(C)C)c2)s1. The highest BCUT2D eigenvalue weighted by atomic mass is 32.1. The summed E-state index contributed by atoms with van der Waals surface area (Å²) in [4.78, 5) is 5.76. The summed E-state index contributed by atoms with van der Waals surface area (Å²) in [6.45, 7) is 10.5. The summed E-state index contributed by atoms with van der Waals surface area (Å²) >= 11 is 1.75. The molecule has 18 heavy (non-hydrogen) atoms. The summed E-state index contributed by atoms with van der Waals surface area (Å²) in [6, 6.07) is 0.657. The molecule has 98 valence electrons. The number of nitrogens with zero attached hydrogens (tertiary/aromatic N) is 3. The molecule has 1 atom stereocenters. The molecule has 0 saturated carbocycles. The van der Waals surface area contributed by atoms with E-state index in [4.69, 9.17) is 0 Å². The van der Waals surface area contributed by atoms with Crippen LogP contribution in [0, 0.1) is 13.8 Å². The number of rotatable bonds is 4. The number of aryl methyl sites for hydroxylation is 2. The third-order valence-electron chi connectivity index (χ3n) is 2.85. The van der Waals surface area contributed by atoms with Crippen LogP contribution in [0.1, 0.15) is 48.4 Å². The van der Waals surface area contributed by atoms with E-state index in [2.05, 4.69) is 43.1 Å². The van der Waals surface area contributed by atoms with Crippen molar-refractivity contribution in [3.8, 4) is 0 Å². The van der Waals surface area contributed by atoms with Crippen LogP contribution in [0.3, 0.4) is 0 Å². The number of nitrogens with one attached hydrogen (secondary N) is 1. The van der Waals surface area contributed by atoms with Gasteiger partial charge in [0.25, 0.3) is 0 Å². The fourth-order valence-electron chi connectivity index (χ4n) is 1.96. The number of thiazole rings is 1. The monoisotopic (exact) mass is 264 g/mol. The second-order valence-electron chi connectivity index (χ2n) is 4.85. The minimum absolute atomic E-state index is 0.265. The van der Waals surface area contributed by atoms with Crippen LogP contribution in [-0.4, -0.2) is 14.8 Å². The quantitative estimate of drug-likeness (QED) is 0.915. The molecule has 5 heteroatoms. The van der Waals surface area contributed by atoms with E-state index >= 15 is 0 Å². The number of hydrogen-bond acceptors (Lipinski definition) is 4. The molecule has 2 heterocycles. The van der Waals surface area contributed by atoms with Gasteiger partial charge in [0.15, 0.2) is 0 Å². The van der Waals surface area contributed by atoms with Crippen molar-refractivity contribution in [2.24, 2.45) is 0 Å². The van der Waals surface area contributed by atoms with Crippen molar-refractivity contribution < 1.29 is 0 Å². The van der Waals surface area contributed by atoms with Gasteiger partial charge >= 0.3 is 0 Å². The Morgan fingerprint density at radius 2 is 2.00 bits per heavy atom. The lowest BCUT2D eigenvalue weighted by atomic mass is 10.2. The molecular weight excluding hydrogens is 244 g/mol. The van der Waals surface area contributed by atoms with Crippen LogP contribution in [0.2, 0.25) is 0 Å². The van der Waals surface area contributed by atoms with Crippen molar-refractivity contribution in [3.63, 3.8) is 0 Å². The zero-order valence-corrected chi connectivity index (χ0v) is 12.4. The Hall–Kier alpha value is -1.36. The number of aromatic nitrogens is 3. The van der Waals surface area contributed by atoms with Crippen molar-refractivity contribution in [3.05, 3.63) is 28.0 Å². The van der Waals surface area contributed by atoms with Gasteiger partial charge in [0, 0.05) is 17.1 Å². The summed E-state index contributed by atoms with van der Waals surface area (Å²) in [5.74, 6) is 0. The molecule has 0 radical (unpaired) electrons. The first kappa shape index (κ1) is 13.1. The average Bonchev–Trinajstić information content (AvgIpc) is 2.85. The predicted molar refractivity (Wildman–Crippen MR) is 76.2 cm³/mol. The van der Waals surface area contributed by atoms with E-state index in [1.54, 1.807) is 11.3 Å². The van der Waals surface area contributed by atoms with Crippen molar-refractivity contribution in [2.45, 2.75) is 46.7 Å². The van der Waals surface area contributed by atoms with E-state index in [1.165, 1.54) is 4.88 Å². The van der Waals surface area contributed by atoms with E-state index in [0.29, 0.717) is 6.04 Å². The molecule has 0 aromatic carbocycles. The predicted octanol–water partition coefficient (Wildman–Crippen LogP) is 3.71. The first-order valence-corrected chi connectivity index (χ1v) is 7.03. The summed E-state index contributed by atoms with van der Waals surface area (Å²) in [5, 5.41) is 8.93. The summed E-state index contributed by atoms with van der Waals surface area (Å²) < 4.78 is 1.96. The fourth-order valence-corrected chi connectivity index (χ4v) is 2.89. The van der Waals surface area contributed by atoms with Gasteiger partial charge in [-0.25, -0.2) is 4.98 Å². The maximum absolute atomic E-state index is 4.46. The first-order chi connectivity index (χ1) is 8.47. The third kappa shape index (κ3) is 2.72. The van der Waals surface area contributed by atoms with Crippen LogP contribution in [0.15, 0.2) is 12.4 Å². The molecule has 2 aromatic rings. The first-order valence-electron chi connectivity index (χ1n) is 6.22. The van der Waals surface area contributed by atoms with Crippen LogP contribution < -0.4 is 5.32 Å². The van der Waals surface area contributed by atoms with E-state index in [1.807, 2.05) is 24.0 Å². The Morgan fingerprint density at radius 3 is 2.50 bits per heavy atom. The highest BCUT2D eigenvalue weighted by Crippen LogP contribution is 2.27. The number of anilines is 1. The standard InChI is InChI=1S/C13H20N4S/c1-8(2)17-7-12(6-14-17)16-10(4)13-9(3)15-11(5)18-13/h6-8,10,16H,1-5H3. The molecule has 0 amide bonds. The number of hydrogen-bond donors (Lipinski definition) is 1. The minimum Gasteiger partial charge on any atom is -0.375 e. The molecular formula is C13H20N4S. The molecule has 0 fully saturated rings. The fraction of sp³-hybridized carbons (Fsp3) is 0.538. The highest BCUT2D eigenvalue weighted by Gasteiger charge is 2.13.